The first-order valence-corrected chi connectivity index (χ1v) is 7.69. The highest BCUT2D eigenvalue weighted by molar-refractivity contribution is 9.09. The Labute approximate surface area is 128 Å². The molecule has 1 atom stereocenters. The van der Waals surface area contributed by atoms with E-state index in [9.17, 15) is 5.26 Å². The Balaban J connectivity index is 2.18. The van der Waals surface area contributed by atoms with Gasteiger partial charge in [-0.25, -0.2) is 0 Å². The minimum absolute atomic E-state index is 0.396. The highest BCUT2D eigenvalue weighted by atomic mass is 79.9. The van der Waals surface area contributed by atoms with Crippen molar-refractivity contribution in [2.75, 3.05) is 23.8 Å². The van der Waals surface area contributed by atoms with Gasteiger partial charge in [0, 0.05) is 24.8 Å². The van der Waals surface area contributed by atoms with Gasteiger partial charge in [0.25, 0.3) is 0 Å². The number of alkyl halides is 1. The Hall–Kier alpha value is -1.79. The summed E-state index contributed by atoms with van der Waals surface area (Å²) >= 11 is 3.60. The number of likely N-dealkylation sites (N-methyl/N-ethyl adjacent to an activating group) is 1. The second-order valence-corrected chi connectivity index (χ2v) is 5.42. The van der Waals surface area contributed by atoms with Crippen LogP contribution in [0.2, 0.25) is 0 Å². The summed E-state index contributed by atoms with van der Waals surface area (Å²) in [5.74, 6) is 0.396. The van der Waals surface area contributed by atoms with Crippen LogP contribution in [0.15, 0.2) is 54.6 Å². The summed E-state index contributed by atoms with van der Waals surface area (Å²) in [6.07, 6.45) is 0. The van der Waals surface area contributed by atoms with Crippen LogP contribution in [0, 0.1) is 11.3 Å². The van der Waals surface area contributed by atoms with E-state index in [-0.39, 0.29) is 0 Å². The standard InChI is InChI=1S/C17H17BrN2/c1-20(17-10-6-5-9-15(17)12-19)13-16(11-18)14-7-3-2-4-8-14/h2-10,16H,11,13H2,1H3. The van der Waals surface area contributed by atoms with Gasteiger partial charge in [-0.15, -0.1) is 0 Å². The summed E-state index contributed by atoms with van der Waals surface area (Å²) in [4.78, 5) is 2.15. The molecule has 0 aliphatic rings. The Bertz CT molecular complexity index is 589. The number of nitriles is 1. The molecule has 102 valence electrons. The monoisotopic (exact) mass is 328 g/mol. The predicted molar refractivity (Wildman–Crippen MR) is 87.4 cm³/mol. The fourth-order valence-electron chi connectivity index (χ4n) is 2.30. The van der Waals surface area contributed by atoms with Crippen LogP contribution < -0.4 is 4.90 Å². The molecule has 2 aromatic rings. The van der Waals surface area contributed by atoms with Gasteiger partial charge in [-0.2, -0.15) is 5.26 Å². The van der Waals surface area contributed by atoms with Crippen LogP contribution in [-0.2, 0) is 0 Å². The van der Waals surface area contributed by atoms with Crippen molar-refractivity contribution in [3.63, 3.8) is 0 Å². The van der Waals surface area contributed by atoms with Crippen molar-refractivity contribution >= 4 is 21.6 Å². The molecule has 0 fully saturated rings. The third-order valence-electron chi connectivity index (χ3n) is 3.39. The van der Waals surface area contributed by atoms with Crippen LogP contribution in [0.3, 0.4) is 0 Å². The van der Waals surface area contributed by atoms with Gasteiger partial charge in [0.1, 0.15) is 6.07 Å². The Morgan fingerprint density at radius 3 is 2.40 bits per heavy atom. The van der Waals surface area contributed by atoms with Crippen LogP contribution in [0.4, 0.5) is 5.69 Å². The molecule has 0 spiro atoms. The highest BCUT2D eigenvalue weighted by Gasteiger charge is 2.14. The van der Waals surface area contributed by atoms with Crippen molar-refractivity contribution in [1.29, 1.82) is 5.26 Å². The molecule has 0 amide bonds. The topological polar surface area (TPSA) is 27.0 Å². The van der Waals surface area contributed by atoms with E-state index in [1.54, 1.807) is 0 Å². The van der Waals surface area contributed by atoms with E-state index in [4.69, 9.17) is 0 Å². The summed E-state index contributed by atoms with van der Waals surface area (Å²) in [5, 5.41) is 10.1. The number of para-hydroxylation sites is 1. The van der Waals surface area contributed by atoms with E-state index < -0.39 is 0 Å². The smallest absolute Gasteiger partial charge is 0.101 e. The predicted octanol–water partition coefficient (Wildman–Crippen LogP) is 4.17. The van der Waals surface area contributed by atoms with Gasteiger partial charge in [-0.1, -0.05) is 58.4 Å². The molecule has 1 unspecified atom stereocenters. The van der Waals surface area contributed by atoms with E-state index in [0.29, 0.717) is 5.92 Å². The van der Waals surface area contributed by atoms with E-state index in [2.05, 4.69) is 51.2 Å². The van der Waals surface area contributed by atoms with Crippen LogP contribution in [0.1, 0.15) is 17.0 Å². The number of benzene rings is 2. The number of hydrogen-bond acceptors (Lipinski definition) is 2. The van der Waals surface area contributed by atoms with Crippen molar-refractivity contribution in [2.45, 2.75) is 5.92 Å². The zero-order valence-electron chi connectivity index (χ0n) is 11.5. The van der Waals surface area contributed by atoms with E-state index in [1.807, 2.05) is 37.4 Å². The van der Waals surface area contributed by atoms with Crippen LogP contribution in [0.25, 0.3) is 0 Å². The summed E-state index contributed by atoms with van der Waals surface area (Å²) < 4.78 is 0. The van der Waals surface area contributed by atoms with Crippen LogP contribution in [0.5, 0.6) is 0 Å². The molecule has 3 heteroatoms. The fourth-order valence-corrected chi connectivity index (χ4v) is 2.88. The first-order valence-electron chi connectivity index (χ1n) is 6.57. The summed E-state index contributed by atoms with van der Waals surface area (Å²) in [6, 6.07) is 20.4. The van der Waals surface area contributed by atoms with Gasteiger partial charge in [0.2, 0.25) is 0 Å². The van der Waals surface area contributed by atoms with Gasteiger partial charge in [-0.05, 0) is 17.7 Å². The van der Waals surface area contributed by atoms with Gasteiger partial charge in [0.15, 0.2) is 0 Å². The van der Waals surface area contributed by atoms with Crippen molar-refractivity contribution in [3.05, 3.63) is 65.7 Å². The first-order chi connectivity index (χ1) is 9.76. The second kappa shape index (κ2) is 7.12. The molecule has 0 aromatic heterocycles. The summed E-state index contributed by atoms with van der Waals surface area (Å²) in [6.45, 7) is 0.869. The van der Waals surface area contributed by atoms with Crippen molar-refractivity contribution < 1.29 is 0 Å². The van der Waals surface area contributed by atoms with Gasteiger partial charge in [-0.3, -0.25) is 0 Å². The molecule has 0 saturated carbocycles. The fraction of sp³-hybridized carbons (Fsp3) is 0.235. The second-order valence-electron chi connectivity index (χ2n) is 4.77. The van der Waals surface area contributed by atoms with Gasteiger partial charge < -0.3 is 4.90 Å². The average molecular weight is 329 g/mol. The third kappa shape index (κ3) is 3.40. The molecule has 0 aliphatic carbocycles. The quantitative estimate of drug-likeness (QED) is 0.770. The van der Waals surface area contributed by atoms with E-state index in [1.165, 1.54) is 5.56 Å². The van der Waals surface area contributed by atoms with Crippen LogP contribution in [-0.4, -0.2) is 18.9 Å². The maximum Gasteiger partial charge on any atom is 0.101 e. The number of hydrogen-bond donors (Lipinski definition) is 0. The molecule has 20 heavy (non-hydrogen) atoms. The Morgan fingerprint density at radius 1 is 1.10 bits per heavy atom. The maximum atomic E-state index is 9.19. The molecule has 2 nitrogen and oxygen atoms in total. The largest absolute Gasteiger partial charge is 0.373 e. The molecule has 0 aliphatic heterocycles. The van der Waals surface area contributed by atoms with Gasteiger partial charge >= 0.3 is 0 Å². The molecule has 2 rings (SSSR count). The van der Waals surface area contributed by atoms with Gasteiger partial charge in [0.05, 0.1) is 11.3 Å². The van der Waals surface area contributed by atoms with E-state index in [0.717, 1.165) is 23.1 Å². The van der Waals surface area contributed by atoms with Crippen molar-refractivity contribution in [1.82, 2.24) is 0 Å². The number of nitrogens with zero attached hydrogens (tertiary/aromatic N) is 2. The minimum atomic E-state index is 0.396. The lowest BCUT2D eigenvalue weighted by atomic mass is 10.0. The Kier molecular flexibility index (Phi) is 5.20. The van der Waals surface area contributed by atoms with Crippen molar-refractivity contribution in [2.24, 2.45) is 0 Å². The SMILES string of the molecule is CN(CC(CBr)c1ccccc1)c1ccccc1C#N. The molecular formula is C17H17BrN2. The molecule has 2 aromatic carbocycles. The van der Waals surface area contributed by atoms with Crippen molar-refractivity contribution in [3.8, 4) is 6.07 Å². The number of rotatable bonds is 5. The maximum absolute atomic E-state index is 9.19. The minimum Gasteiger partial charge on any atom is -0.373 e. The highest BCUT2D eigenvalue weighted by Crippen LogP contribution is 2.24. The molecule has 0 radical (unpaired) electrons. The zero-order chi connectivity index (χ0) is 14.4. The number of halogens is 1. The van der Waals surface area contributed by atoms with E-state index >= 15 is 0 Å². The Morgan fingerprint density at radius 2 is 1.75 bits per heavy atom. The first kappa shape index (κ1) is 14.6. The molecular weight excluding hydrogens is 312 g/mol. The lowest BCUT2D eigenvalue weighted by Gasteiger charge is -2.25. The summed E-state index contributed by atoms with van der Waals surface area (Å²) in [5.41, 5.74) is 3.01. The molecule has 0 N–H and O–H groups in total. The molecule has 0 bridgehead atoms. The lowest BCUT2D eigenvalue weighted by molar-refractivity contribution is 0.746. The molecule has 0 saturated heterocycles. The zero-order valence-corrected chi connectivity index (χ0v) is 13.0. The van der Waals surface area contributed by atoms with Crippen LogP contribution >= 0.6 is 15.9 Å². The average Bonchev–Trinajstić information content (AvgIpc) is 2.53. The molecule has 0 heterocycles. The lowest BCUT2D eigenvalue weighted by Crippen LogP contribution is -2.25. The normalized spacial score (nSPS) is 11.7. The summed E-state index contributed by atoms with van der Waals surface area (Å²) in [7, 11) is 2.04. The third-order valence-corrected chi connectivity index (χ3v) is 4.17. The number of anilines is 1.